The van der Waals surface area contributed by atoms with Gasteiger partial charge in [0.1, 0.15) is 6.29 Å². The standard InChI is InChI=1S/C18H31N3.C3H6O.C2H6/c1-2-16-14-19-21(15-16)18-9-12-20(13-10-18)11-8-17-6-4-3-5-7-17;1-2-3-4;1-2/h14-15,17-18H,2-13H2,1H3;3H,2H2,1H3;1-2H3. The highest BCUT2D eigenvalue weighted by Crippen LogP contribution is 2.28. The Morgan fingerprint density at radius 1 is 1.07 bits per heavy atom. The number of rotatable bonds is 6. The van der Waals surface area contributed by atoms with Crippen LogP contribution in [0, 0.1) is 5.92 Å². The molecule has 1 aromatic heterocycles. The summed E-state index contributed by atoms with van der Waals surface area (Å²) in [6.45, 7) is 11.9. The molecule has 0 radical (unpaired) electrons. The van der Waals surface area contributed by atoms with E-state index in [1.54, 1.807) is 0 Å². The van der Waals surface area contributed by atoms with Crippen molar-refractivity contribution in [3.8, 4) is 0 Å². The number of piperidine rings is 1. The second-order valence-corrected chi connectivity index (χ2v) is 7.62. The third-order valence-corrected chi connectivity index (χ3v) is 5.74. The summed E-state index contributed by atoms with van der Waals surface area (Å²) in [5.74, 6) is 1.02. The van der Waals surface area contributed by atoms with E-state index in [4.69, 9.17) is 0 Å². The molecule has 1 saturated carbocycles. The first-order chi connectivity index (χ1) is 13.3. The van der Waals surface area contributed by atoms with Crippen molar-refractivity contribution in [2.75, 3.05) is 19.6 Å². The van der Waals surface area contributed by atoms with Crippen molar-refractivity contribution in [3.63, 3.8) is 0 Å². The molecule has 0 aromatic carbocycles. The maximum atomic E-state index is 9.17. The predicted octanol–water partition coefficient (Wildman–Crippen LogP) is 5.67. The number of aryl methyl sites for hydroxylation is 1. The number of aromatic nitrogens is 2. The van der Waals surface area contributed by atoms with E-state index < -0.39 is 0 Å². The van der Waals surface area contributed by atoms with Gasteiger partial charge < -0.3 is 9.69 Å². The van der Waals surface area contributed by atoms with Gasteiger partial charge in [0.2, 0.25) is 0 Å². The largest absolute Gasteiger partial charge is 0.303 e. The van der Waals surface area contributed by atoms with Gasteiger partial charge in [0.15, 0.2) is 0 Å². The molecule has 0 N–H and O–H groups in total. The highest BCUT2D eigenvalue weighted by Gasteiger charge is 2.22. The van der Waals surface area contributed by atoms with Crippen LogP contribution >= 0.6 is 0 Å². The van der Waals surface area contributed by atoms with Gasteiger partial charge in [0.25, 0.3) is 0 Å². The van der Waals surface area contributed by atoms with Crippen LogP contribution in [0.25, 0.3) is 0 Å². The molecule has 27 heavy (non-hydrogen) atoms. The molecule has 1 saturated heterocycles. The Morgan fingerprint density at radius 3 is 2.22 bits per heavy atom. The lowest BCUT2D eigenvalue weighted by atomic mass is 9.87. The second kappa shape index (κ2) is 14.8. The van der Waals surface area contributed by atoms with Crippen LogP contribution in [-0.2, 0) is 11.2 Å². The molecule has 0 bridgehead atoms. The number of hydrogen-bond donors (Lipinski definition) is 0. The molecule has 4 nitrogen and oxygen atoms in total. The summed E-state index contributed by atoms with van der Waals surface area (Å²) in [6, 6.07) is 0.635. The Labute approximate surface area is 167 Å². The van der Waals surface area contributed by atoms with Gasteiger partial charge in [0.05, 0.1) is 12.2 Å². The smallest absolute Gasteiger partial charge is 0.119 e. The van der Waals surface area contributed by atoms with E-state index >= 15 is 0 Å². The molecule has 4 heteroatoms. The van der Waals surface area contributed by atoms with Gasteiger partial charge in [0, 0.05) is 25.7 Å². The summed E-state index contributed by atoms with van der Waals surface area (Å²) in [5, 5.41) is 4.55. The maximum absolute atomic E-state index is 9.17. The lowest BCUT2D eigenvalue weighted by molar-refractivity contribution is -0.107. The monoisotopic (exact) mass is 377 g/mol. The van der Waals surface area contributed by atoms with Gasteiger partial charge in [-0.1, -0.05) is 59.8 Å². The van der Waals surface area contributed by atoms with Crippen LogP contribution < -0.4 is 0 Å². The zero-order valence-electron chi connectivity index (χ0n) is 18.3. The number of aldehydes is 1. The number of likely N-dealkylation sites (tertiary alicyclic amines) is 1. The van der Waals surface area contributed by atoms with Crippen LogP contribution in [0.3, 0.4) is 0 Å². The molecule has 1 aliphatic carbocycles. The van der Waals surface area contributed by atoms with Gasteiger partial charge in [-0.05, 0) is 43.7 Å². The van der Waals surface area contributed by atoms with Crippen molar-refractivity contribution in [1.82, 2.24) is 14.7 Å². The molecular weight excluding hydrogens is 334 g/mol. The zero-order valence-corrected chi connectivity index (χ0v) is 18.3. The Balaban J connectivity index is 0.000000541. The lowest BCUT2D eigenvalue weighted by Gasteiger charge is -2.33. The normalized spacial score (nSPS) is 18.8. The van der Waals surface area contributed by atoms with Gasteiger partial charge in [-0.2, -0.15) is 5.10 Å². The zero-order chi connectivity index (χ0) is 19.9. The Morgan fingerprint density at radius 2 is 1.70 bits per heavy atom. The summed E-state index contributed by atoms with van der Waals surface area (Å²) in [4.78, 5) is 11.9. The van der Waals surface area contributed by atoms with Crippen molar-refractivity contribution < 1.29 is 4.79 Å². The van der Waals surface area contributed by atoms with E-state index in [-0.39, 0.29) is 0 Å². The number of nitrogens with zero attached hydrogens (tertiary/aromatic N) is 3. The average molecular weight is 378 g/mol. The van der Waals surface area contributed by atoms with Crippen LogP contribution in [0.1, 0.15) is 97.1 Å². The topological polar surface area (TPSA) is 38.1 Å². The number of carbonyl (C=O) groups is 1. The first kappa shape index (κ1) is 23.9. The van der Waals surface area contributed by atoms with Crippen LogP contribution in [0.15, 0.2) is 12.4 Å². The van der Waals surface area contributed by atoms with Crippen LogP contribution in [0.4, 0.5) is 0 Å². The fourth-order valence-electron chi connectivity index (χ4n) is 4.01. The SMILES string of the molecule is CC.CCC=O.CCc1cnn(C2CCN(CCC3CCCCC3)CC2)c1. The molecule has 0 unspecified atom stereocenters. The molecule has 0 amide bonds. The van der Waals surface area contributed by atoms with Crippen LogP contribution in [0.5, 0.6) is 0 Å². The minimum absolute atomic E-state index is 0.635. The average Bonchev–Trinajstić information content (AvgIpc) is 3.24. The molecule has 0 spiro atoms. The van der Waals surface area contributed by atoms with Gasteiger partial charge in [-0.15, -0.1) is 0 Å². The van der Waals surface area contributed by atoms with Crippen LogP contribution in [-0.4, -0.2) is 40.6 Å². The lowest BCUT2D eigenvalue weighted by Crippen LogP contribution is -2.36. The summed E-state index contributed by atoms with van der Waals surface area (Å²) >= 11 is 0. The van der Waals surface area contributed by atoms with E-state index in [0.29, 0.717) is 12.5 Å². The first-order valence-corrected chi connectivity index (χ1v) is 11.5. The Hall–Kier alpha value is -1.16. The minimum Gasteiger partial charge on any atom is -0.303 e. The van der Waals surface area contributed by atoms with E-state index in [9.17, 15) is 4.79 Å². The minimum atomic E-state index is 0.635. The molecule has 2 heterocycles. The Bertz CT molecular complexity index is 472. The van der Waals surface area contributed by atoms with Crippen molar-refractivity contribution >= 4 is 6.29 Å². The quantitative estimate of drug-likeness (QED) is 0.599. The van der Waals surface area contributed by atoms with E-state index in [1.807, 2.05) is 27.0 Å². The highest BCUT2D eigenvalue weighted by atomic mass is 16.1. The van der Waals surface area contributed by atoms with Crippen molar-refractivity contribution in [2.24, 2.45) is 5.92 Å². The van der Waals surface area contributed by atoms with Crippen molar-refractivity contribution in [3.05, 3.63) is 18.0 Å². The van der Waals surface area contributed by atoms with E-state index in [0.717, 1.165) is 18.6 Å². The molecule has 2 aliphatic rings. The number of hydrogen-bond acceptors (Lipinski definition) is 3. The maximum Gasteiger partial charge on any atom is 0.119 e. The highest BCUT2D eigenvalue weighted by molar-refractivity contribution is 5.48. The second-order valence-electron chi connectivity index (χ2n) is 7.62. The van der Waals surface area contributed by atoms with E-state index in [2.05, 4.69) is 27.8 Å². The Kier molecular flexibility index (Phi) is 13.1. The molecular formula is C23H43N3O. The summed E-state index contributed by atoms with van der Waals surface area (Å²) in [5.41, 5.74) is 1.37. The van der Waals surface area contributed by atoms with Crippen molar-refractivity contribution in [1.29, 1.82) is 0 Å². The summed E-state index contributed by atoms with van der Waals surface area (Å²) < 4.78 is 2.22. The molecule has 156 valence electrons. The van der Waals surface area contributed by atoms with Crippen molar-refractivity contribution in [2.45, 2.75) is 97.9 Å². The third-order valence-electron chi connectivity index (χ3n) is 5.74. The van der Waals surface area contributed by atoms with Gasteiger partial charge in [-0.3, -0.25) is 4.68 Å². The van der Waals surface area contributed by atoms with E-state index in [1.165, 1.54) is 76.6 Å². The van der Waals surface area contributed by atoms with Crippen LogP contribution in [0.2, 0.25) is 0 Å². The van der Waals surface area contributed by atoms with Gasteiger partial charge >= 0.3 is 0 Å². The molecule has 0 atom stereocenters. The number of carbonyl (C=O) groups excluding carboxylic acids is 1. The predicted molar refractivity (Wildman–Crippen MR) is 115 cm³/mol. The summed E-state index contributed by atoms with van der Waals surface area (Å²) in [6.07, 6.45) is 18.3. The fourth-order valence-corrected chi connectivity index (χ4v) is 4.01. The van der Waals surface area contributed by atoms with Gasteiger partial charge in [-0.25, -0.2) is 0 Å². The molecule has 1 aromatic rings. The molecule has 1 aliphatic heterocycles. The third kappa shape index (κ3) is 9.05. The molecule has 3 rings (SSSR count). The molecule has 2 fully saturated rings. The first-order valence-electron chi connectivity index (χ1n) is 11.5. The fraction of sp³-hybridized carbons (Fsp3) is 0.826. The summed E-state index contributed by atoms with van der Waals surface area (Å²) in [7, 11) is 0.